The van der Waals surface area contributed by atoms with E-state index in [9.17, 15) is 13.2 Å². The van der Waals surface area contributed by atoms with E-state index in [1.807, 2.05) is 48.5 Å². The first kappa shape index (κ1) is 21.2. The molecule has 1 N–H and O–H groups in total. The summed E-state index contributed by atoms with van der Waals surface area (Å²) >= 11 is 0. The number of sulfonamides is 1. The smallest absolute Gasteiger partial charge is 0.273 e. The average molecular weight is 440 g/mol. The van der Waals surface area contributed by atoms with Crippen LogP contribution in [0.4, 0.5) is 0 Å². The van der Waals surface area contributed by atoms with Crippen LogP contribution >= 0.6 is 0 Å². The van der Waals surface area contributed by atoms with E-state index in [1.165, 1.54) is 0 Å². The van der Waals surface area contributed by atoms with Gasteiger partial charge in [0, 0.05) is 19.6 Å². The van der Waals surface area contributed by atoms with Gasteiger partial charge in [0.05, 0.1) is 18.5 Å². The Hall–Kier alpha value is -3.04. The Morgan fingerprint density at radius 3 is 2.39 bits per heavy atom. The molecule has 1 fully saturated rings. The number of amides is 1. The molecule has 0 saturated carbocycles. The summed E-state index contributed by atoms with van der Waals surface area (Å²) in [5.41, 5.74) is 2.75. The summed E-state index contributed by atoms with van der Waals surface area (Å²) in [7, 11) is -3.36. The fraction of sp³-hybridized carbons (Fsp3) is 0.318. The van der Waals surface area contributed by atoms with Gasteiger partial charge in [-0.05, 0) is 29.5 Å². The molecular weight excluding hydrogens is 414 g/mol. The van der Waals surface area contributed by atoms with Crippen LogP contribution in [-0.2, 0) is 28.9 Å². The molecule has 0 radical (unpaired) electrons. The molecule has 1 aromatic heterocycles. The third-order valence-electron chi connectivity index (χ3n) is 5.31. The molecule has 31 heavy (non-hydrogen) atoms. The maximum atomic E-state index is 12.7. The van der Waals surface area contributed by atoms with E-state index in [2.05, 4.69) is 15.6 Å². The van der Waals surface area contributed by atoms with Gasteiger partial charge >= 0.3 is 0 Å². The van der Waals surface area contributed by atoms with Gasteiger partial charge in [-0.3, -0.25) is 4.79 Å². The summed E-state index contributed by atoms with van der Waals surface area (Å²) in [6, 6.07) is 17.1. The van der Waals surface area contributed by atoms with Gasteiger partial charge in [0.2, 0.25) is 10.0 Å². The number of hydrogen-bond acceptors (Lipinski definition) is 5. The van der Waals surface area contributed by atoms with Crippen molar-refractivity contribution in [2.45, 2.75) is 31.7 Å². The highest BCUT2D eigenvalue weighted by Gasteiger charge is 2.26. The summed E-state index contributed by atoms with van der Waals surface area (Å²) in [5.74, 6) is -0.414. The Morgan fingerprint density at radius 1 is 0.968 bits per heavy atom. The number of rotatable bonds is 8. The number of carbonyl (C=O) groups is 1. The first-order chi connectivity index (χ1) is 15.0. The van der Waals surface area contributed by atoms with Gasteiger partial charge in [-0.2, -0.15) is 0 Å². The zero-order valence-corrected chi connectivity index (χ0v) is 18.0. The highest BCUT2D eigenvalue weighted by atomic mass is 32.2. The minimum Gasteiger partial charge on any atom is -0.347 e. The molecule has 1 aliphatic heterocycles. The van der Waals surface area contributed by atoms with E-state index in [-0.39, 0.29) is 23.9 Å². The molecule has 8 nitrogen and oxygen atoms in total. The minimum atomic E-state index is -3.36. The van der Waals surface area contributed by atoms with Crippen molar-refractivity contribution in [2.75, 3.05) is 13.1 Å². The lowest BCUT2D eigenvalue weighted by Gasteiger charge is -2.17. The molecule has 4 rings (SSSR count). The van der Waals surface area contributed by atoms with Crippen LogP contribution in [0.3, 0.4) is 0 Å². The van der Waals surface area contributed by atoms with Crippen molar-refractivity contribution in [2.24, 2.45) is 0 Å². The zero-order chi connectivity index (χ0) is 21.7. The van der Waals surface area contributed by atoms with E-state index in [1.54, 1.807) is 21.3 Å². The Balaban J connectivity index is 1.39. The van der Waals surface area contributed by atoms with Crippen molar-refractivity contribution in [3.63, 3.8) is 0 Å². The fourth-order valence-corrected chi connectivity index (χ4v) is 5.31. The minimum absolute atomic E-state index is 0.0632. The van der Waals surface area contributed by atoms with Crippen molar-refractivity contribution >= 4 is 15.9 Å². The highest BCUT2D eigenvalue weighted by molar-refractivity contribution is 7.88. The van der Waals surface area contributed by atoms with Crippen LogP contribution in [0.25, 0.3) is 0 Å². The first-order valence-corrected chi connectivity index (χ1v) is 11.9. The standard InChI is InChI=1S/C22H25N5O3S/c28-22(21-16-26(25-24-21)15-18-8-2-1-3-9-18)23-14-19-10-4-5-11-20(19)17-31(29,30)27-12-6-7-13-27/h1-5,8-11,16H,6-7,12-15,17H2,(H,23,28). The van der Waals surface area contributed by atoms with E-state index >= 15 is 0 Å². The van der Waals surface area contributed by atoms with Crippen molar-refractivity contribution in [3.8, 4) is 0 Å². The quantitative estimate of drug-likeness (QED) is 0.580. The van der Waals surface area contributed by atoms with E-state index in [0.717, 1.165) is 24.0 Å². The fourth-order valence-electron chi connectivity index (χ4n) is 3.64. The second-order valence-corrected chi connectivity index (χ2v) is 9.57. The lowest BCUT2D eigenvalue weighted by atomic mass is 10.1. The van der Waals surface area contributed by atoms with Crippen LogP contribution in [0.15, 0.2) is 60.8 Å². The molecule has 2 aromatic carbocycles. The average Bonchev–Trinajstić information content (AvgIpc) is 3.46. The first-order valence-electron chi connectivity index (χ1n) is 10.3. The maximum Gasteiger partial charge on any atom is 0.273 e. The number of hydrogen-bond donors (Lipinski definition) is 1. The Morgan fingerprint density at radius 2 is 1.65 bits per heavy atom. The van der Waals surface area contributed by atoms with Crippen LogP contribution < -0.4 is 5.32 Å². The summed E-state index contributed by atoms with van der Waals surface area (Å²) in [6.45, 7) is 1.91. The molecule has 2 heterocycles. The number of carbonyl (C=O) groups excluding carboxylic acids is 1. The summed E-state index contributed by atoms with van der Waals surface area (Å²) < 4.78 is 28.5. The summed E-state index contributed by atoms with van der Waals surface area (Å²) in [4.78, 5) is 12.5. The predicted molar refractivity (Wildman–Crippen MR) is 117 cm³/mol. The Kier molecular flexibility index (Phi) is 6.43. The van der Waals surface area contributed by atoms with Gasteiger partial charge in [-0.1, -0.05) is 59.8 Å². The van der Waals surface area contributed by atoms with E-state index < -0.39 is 10.0 Å². The molecule has 1 amide bonds. The molecule has 0 bridgehead atoms. The van der Waals surface area contributed by atoms with Crippen molar-refractivity contribution in [1.29, 1.82) is 0 Å². The monoisotopic (exact) mass is 439 g/mol. The number of aromatic nitrogens is 3. The molecule has 9 heteroatoms. The van der Waals surface area contributed by atoms with Crippen molar-refractivity contribution in [1.82, 2.24) is 24.6 Å². The molecule has 0 aliphatic carbocycles. The molecule has 0 spiro atoms. The lowest BCUT2D eigenvalue weighted by Crippen LogP contribution is -2.30. The molecule has 162 valence electrons. The highest BCUT2D eigenvalue weighted by Crippen LogP contribution is 2.19. The molecule has 1 saturated heterocycles. The van der Waals surface area contributed by atoms with Gasteiger partial charge < -0.3 is 5.32 Å². The van der Waals surface area contributed by atoms with E-state index in [0.29, 0.717) is 25.2 Å². The van der Waals surface area contributed by atoms with Crippen molar-refractivity contribution in [3.05, 3.63) is 83.2 Å². The van der Waals surface area contributed by atoms with Gasteiger partial charge in [-0.25, -0.2) is 17.4 Å². The van der Waals surface area contributed by atoms with Crippen LogP contribution in [-0.4, -0.2) is 46.7 Å². The predicted octanol–water partition coefficient (Wildman–Crippen LogP) is 2.18. The molecular formula is C22H25N5O3S. The summed E-state index contributed by atoms with van der Waals surface area (Å²) in [5, 5.41) is 10.8. The van der Waals surface area contributed by atoms with E-state index in [4.69, 9.17) is 0 Å². The van der Waals surface area contributed by atoms with Crippen LogP contribution in [0.2, 0.25) is 0 Å². The summed E-state index contributed by atoms with van der Waals surface area (Å²) in [6.07, 6.45) is 3.41. The third-order valence-corrected chi connectivity index (χ3v) is 7.14. The third kappa shape index (κ3) is 5.36. The van der Waals surface area contributed by atoms with Crippen LogP contribution in [0.1, 0.15) is 40.0 Å². The maximum absolute atomic E-state index is 12.7. The van der Waals surface area contributed by atoms with Crippen LogP contribution in [0.5, 0.6) is 0 Å². The van der Waals surface area contributed by atoms with Crippen molar-refractivity contribution < 1.29 is 13.2 Å². The number of nitrogens with zero attached hydrogens (tertiary/aromatic N) is 4. The Bertz CT molecular complexity index is 1140. The van der Waals surface area contributed by atoms with Gasteiger partial charge in [-0.15, -0.1) is 5.10 Å². The molecule has 1 aliphatic rings. The second kappa shape index (κ2) is 9.40. The molecule has 0 atom stereocenters. The topological polar surface area (TPSA) is 97.2 Å². The normalized spacial score (nSPS) is 14.6. The van der Waals surface area contributed by atoms with Crippen LogP contribution in [0, 0.1) is 0 Å². The molecule has 3 aromatic rings. The van der Waals surface area contributed by atoms with Gasteiger partial charge in [0.15, 0.2) is 5.69 Å². The number of nitrogens with one attached hydrogen (secondary N) is 1. The lowest BCUT2D eigenvalue weighted by molar-refractivity contribution is 0.0945. The zero-order valence-electron chi connectivity index (χ0n) is 17.1. The number of benzene rings is 2. The van der Waals surface area contributed by atoms with Gasteiger partial charge in [0.1, 0.15) is 0 Å². The Labute approximate surface area is 181 Å². The largest absolute Gasteiger partial charge is 0.347 e. The second-order valence-electron chi connectivity index (χ2n) is 7.60. The SMILES string of the molecule is O=C(NCc1ccccc1CS(=O)(=O)N1CCCC1)c1cn(Cc2ccccc2)nn1. The molecule has 0 unspecified atom stereocenters. The van der Waals surface area contributed by atoms with Gasteiger partial charge in [0.25, 0.3) is 5.91 Å².